The van der Waals surface area contributed by atoms with Crippen LogP contribution < -0.4 is 5.14 Å². The van der Waals surface area contributed by atoms with Crippen molar-refractivity contribution < 1.29 is 13.2 Å². The Bertz CT molecular complexity index is 1040. The zero-order chi connectivity index (χ0) is 16.8. The summed E-state index contributed by atoms with van der Waals surface area (Å²) in [6.45, 7) is 1.86. The molecule has 0 aliphatic carbocycles. The molecule has 23 heavy (non-hydrogen) atoms. The van der Waals surface area contributed by atoms with E-state index in [4.69, 9.17) is 16.7 Å². The van der Waals surface area contributed by atoms with Crippen LogP contribution in [0, 0.1) is 6.92 Å². The maximum Gasteiger partial charge on any atom is 0.239 e. The van der Waals surface area contributed by atoms with E-state index >= 15 is 0 Å². The number of ketones is 1. The molecular weight excluding hydrogens is 338 g/mol. The summed E-state index contributed by atoms with van der Waals surface area (Å²) in [7, 11) is -4.00. The van der Waals surface area contributed by atoms with Crippen molar-refractivity contribution in [3.63, 3.8) is 0 Å². The van der Waals surface area contributed by atoms with Crippen LogP contribution in [0.5, 0.6) is 0 Å². The highest BCUT2D eigenvalue weighted by Crippen LogP contribution is 2.24. The number of nitrogens with one attached hydrogen (secondary N) is 1. The highest BCUT2D eigenvalue weighted by molar-refractivity contribution is 7.89. The molecule has 0 unspecified atom stereocenters. The minimum Gasteiger partial charge on any atom is -0.289 e. The van der Waals surface area contributed by atoms with E-state index in [1.165, 1.54) is 18.2 Å². The number of halogens is 1. The Morgan fingerprint density at radius 3 is 2.52 bits per heavy atom. The van der Waals surface area contributed by atoms with Crippen LogP contribution in [0.3, 0.4) is 0 Å². The second-order valence-electron chi connectivity index (χ2n) is 5.09. The molecule has 0 fully saturated rings. The van der Waals surface area contributed by atoms with E-state index in [1.807, 2.05) is 6.92 Å². The van der Waals surface area contributed by atoms with Gasteiger partial charge < -0.3 is 0 Å². The maximum atomic E-state index is 12.6. The van der Waals surface area contributed by atoms with Crippen LogP contribution in [-0.2, 0) is 10.0 Å². The van der Waals surface area contributed by atoms with E-state index in [9.17, 15) is 13.2 Å². The summed E-state index contributed by atoms with van der Waals surface area (Å²) >= 11 is 5.83. The quantitative estimate of drug-likeness (QED) is 0.708. The van der Waals surface area contributed by atoms with Crippen molar-refractivity contribution in [2.45, 2.75) is 11.8 Å². The van der Waals surface area contributed by atoms with Crippen molar-refractivity contribution in [1.82, 2.24) is 10.2 Å². The van der Waals surface area contributed by atoms with E-state index < -0.39 is 10.0 Å². The number of carbonyl (C=O) groups is 1. The van der Waals surface area contributed by atoms with Crippen molar-refractivity contribution in [3.8, 4) is 0 Å². The van der Waals surface area contributed by atoms with Gasteiger partial charge in [0.2, 0.25) is 10.0 Å². The number of aryl methyl sites for hydroxylation is 1. The van der Waals surface area contributed by atoms with Crippen LogP contribution in [0.15, 0.2) is 41.3 Å². The van der Waals surface area contributed by atoms with Crippen LogP contribution in [0.25, 0.3) is 10.9 Å². The van der Waals surface area contributed by atoms with Gasteiger partial charge in [-0.25, -0.2) is 13.6 Å². The number of carbonyl (C=O) groups excluding carboxylic acids is 1. The number of rotatable bonds is 3. The zero-order valence-corrected chi connectivity index (χ0v) is 13.6. The fourth-order valence-electron chi connectivity index (χ4n) is 2.33. The van der Waals surface area contributed by atoms with Gasteiger partial charge in [0.05, 0.1) is 16.2 Å². The molecule has 8 heteroatoms. The number of nitrogens with two attached hydrogens (primary N) is 1. The normalized spacial score (nSPS) is 11.8. The molecule has 6 nitrogen and oxygen atoms in total. The summed E-state index contributed by atoms with van der Waals surface area (Å²) in [6, 6.07) is 9.11. The summed E-state index contributed by atoms with van der Waals surface area (Å²) < 4.78 is 23.0. The van der Waals surface area contributed by atoms with Crippen molar-refractivity contribution in [1.29, 1.82) is 0 Å². The van der Waals surface area contributed by atoms with E-state index in [2.05, 4.69) is 10.2 Å². The molecule has 0 amide bonds. The molecule has 0 aliphatic heterocycles. The summed E-state index contributed by atoms with van der Waals surface area (Å²) in [5, 5.41) is 12.9. The first-order valence-electron chi connectivity index (χ1n) is 6.59. The van der Waals surface area contributed by atoms with Gasteiger partial charge in [0.25, 0.3) is 0 Å². The lowest BCUT2D eigenvalue weighted by atomic mass is 10.0. The maximum absolute atomic E-state index is 12.6. The lowest BCUT2D eigenvalue weighted by molar-refractivity contribution is 0.103. The first-order chi connectivity index (χ1) is 10.8. The highest BCUT2D eigenvalue weighted by atomic mass is 35.5. The SMILES string of the molecule is Cc1n[nH]c2cc(C(=O)c3ccc(Cl)c(S(N)(=O)=O)c3)ccc12. The molecule has 0 radical (unpaired) electrons. The molecule has 3 N–H and O–H groups in total. The molecule has 118 valence electrons. The Morgan fingerprint density at radius 1 is 1.17 bits per heavy atom. The van der Waals surface area contributed by atoms with Gasteiger partial charge in [0, 0.05) is 16.5 Å². The Kier molecular flexibility index (Phi) is 3.71. The van der Waals surface area contributed by atoms with Gasteiger partial charge in [-0.2, -0.15) is 5.10 Å². The number of hydrogen-bond acceptors (Lipinski definition) is 4. The molecule has 0 bridgehead atoms. The Morgan fingerprint density at radius 2 is 1.83 bits per heavy atom. The summed E-state index contributed by atoms with van der Waals surface area (Å²) in [5.74, 6) is -0.333. The lowest BCUT2D eigenvalue weighted by Crippen LogP contribution is -2.14. The van der Waals surface area contributed by atoms with Crippen LogP contribution in [-0.4, -0.2) is 24.4 Å². The smallest absolute Gasteiger partial charge is 0.239 e. The number of aromatic nitrogens is 2. The van der Waals surface area contributed by atoms with E-state index in [-0.39, 0.29) is 21.3 Å². The zero-order valence-electron chi connectivity index (χ0n) is 12.0. The third-order valence-electron chi connectivity index (χ3n) is 3.52. The van der Waals surface area contributed by atoms with Gasteiger partial charge in [-0.15, -0.1) is 0 Å². The monoisotopic (exact) mass is 349 g/mol. The molecule has 0 atom stereocenters. The third-order valence-corrected chi connectivity index (χ3v) is 4.91. The van der Waals surface area contributed by atoms with Crippen molar-refractivity contribution in [2.24, 2.45) is 5.14 Å². The molecule has 1 aromatic heterocycles. The summed E-state index contributed by atoms with van der Waals surface area (Å²) in [4.78, 5) is 12.3. The van der Waals surface area contributed by atoms with Gasteiger partial charge in [-0.1, -0.05) is 23.7 Å². The van der Waals surface area contributed by atoms with Gasteiger partial charge in [-0.05, 0) is 31.2 Å². The predicted octanol–water partition coefficient (Wildman–Crippen LogP) is 2.40. The molecule has 2 aromatic carbocycles. The highest BCUT2D eigenvalue weighted by Gasteiger charge is 2.18. The molecule has 3 aromatic rings. The average Bonchev–Trinajstić information content (AvgIpc) is 2.87. The second-order valence-corrected chi connectivity index (χ2v) is 7.03. The first kappa shape index (κ1) is 15.7. The summed E-state index contributed by atoms with van der Waals surface area (Å²) in [5.41, 5.74) is 2.16. The molecule has 3 rings (SSSR count). The van der Waals surface area contributed by atoms with Gasteiger partial charge >= 0.3 is 0 Å². The van der Waals surface area contributed by atoms with Gasteiger partial charge in [0.1, 0.15) is 4.90 Å². The number of sulfonamides is 1. The number of benzene rings is 2. The Balaban J connectivity index is 2.08. The standard InChI is InChI=1S/C15H12ClN3O3S/c1-8-11-4-2-9(6-13(11)19-18-8)15(20)10-3-5-12(16)14(7-10)23(17,21)22/h2-7H,1H3,(H,18,19)(H2,17,21,22). The average molecular weight is 350 g/mol. The van der Waals surface area contributed by atoms with Gasteiger partial charge in [-0.3, -0.25) is 9.89 Å². The van der Waals surface area contributed by atoms with Crippen LogP contribution in [0.2, 0.25) is 5.02 Å². The number of primary sulfonamides is 1. The van der Waals surface area contributed by atoms with E-state index in [1.54, 1.807) is 18.2 Å². The molecule has 1 heterocycles. The lowest BCUT2D eigenvalue weighted by Gasteiger charge is -2.06. The largest absolute Gasteiger partial charge is 0.289 e. The number of H-pyrrole nitrogens is 1. The van der Waals surface area contributed by atoms with Gasteiger partial charge in [0.15, 0.2) is 5.78 Å². The molecule has 0 saturated carbocycles. The van der Waals surface area contributed by atoms with E-state index in [0.717, 1.165) is 16.6 Å². The van der Waals surface area contributed by atoms with Crippen LogP contribution >= 0.6 is 11.6 Å². The molecular formula is C15H12ClN3O3S. The topological polar surface area (TPSA) is 106 Å². The van der Waals surface area contributed by atoms with Crippen molar-refractivity contribution in [3.05, 3.63) is 58.2 Å². The third kappa shape index (κ3) is 2.86. The minimum atomic E-state index is -4.00. The van der Waals surface area contributed by atoms with E-state index in [0.29, 0.717) is 5.56 Å². The number of hydrogen-bond donors (Lipinski definition) is 2. The second kappa shape index (κ2) is 5.45. The number of aromatic amines is 1. The predicted molar refractivity (Wildman–Crippen MR) is 87.1 cm³/mol. The fourth-order valence-corrected chi connectivity index (χ4v) is 3.40. The Labute approximate surface area is 137 Å². The van der Waals surface area contributed by atoms with Crippen LogP contribution in [0.4, 0.5) is 0 Å². The van der Waals surface area contributed by atoms with Crippen molar-refractivity contribution in [2.75, 3.05) is 0 Å². The minimum absolute atomic E-state index is 0.0244. The van der Waals surface area contributed by atoms with Crippen LogP contribution in [0.1, 0.15) is 21.6 Å². The Hall–Kier alpha value is -2.22. The molecule has 0 saturated heterocycles. The summed E-state index contributed by atoms with van der Waals surface area (Å²) in [6.07, 6.45) is 0. The van der Waals surface area contributed by atoms with Crippen molar-refractivity contribution >= 4 is 38.3 Å². The number of fused-ring (bicyclic) bond motifs is 1. The first-order valence-corrected chi connectivity index (χ1v) is 8.51. The number of nitrogens with zero attached hydrogens (tertiary/aromatic N) is 1. The molecule has 0 spiro atoms. The molecule has 0 aliphatic rings. The fraction of sp³-hybridized carbons (Fsp3) is 0.0667.